The SMILES string of the molecule is O=C(C1CCCO1)N1C[C@@H]2CCN(c3cnccn3)C[C@@H]2C1. The maximum absolute atomic E-state index is 12.5. The van der Waals surface area contributed by atoms with Crippen LogP contribution in [-0.4, -0.2) is 59.7 Å². The molecule has 4 heterocycles. The first kappa shape index (κ1) is 13.9. The molecule has 0 bridgehead atoms. The van der Waals surface area contributed by atoms with Crippen molar-refractivity contribution in [2.24, 2.45) is 11.8 Å². The highest BCUT2D eigenvalue weighted by Gasteiger charge is 2.41. The number of piperidine rings is 1. The van der Waals surface area contributed by atoms with Crippen LogP contribution in [0.25, 0.3) is 0 Å². The minimum Gasteiger partial charge on any atom is -0.368 e. The van der Waals surface area contributed by atoms with Crippen LogP contribution in [0.2, 0.25) is 0 Å². The van der Waals surface area contributed by atoms with Gasteiger partial charge in [0, 0.05) is 45.2 Å². The molecule has 0 saturated carbocycles. The lowest BCUT2D eigenvalue weighted by molar-refractivity contribution is -0.140. The lowest BCUT2D eigenvalue weighted by atomic mass is 9.89. The largest absolute Gasteiger partial charge is 0.368 e. The summed E-state index contributed by atoms with van der Waals surface area (Å²) in [6.07, 6.45) is 8.10. The highest BCUT2D eigenvalue weighted by molar-refractivity contribution is 5.81. The zero-order valence-electron chi connectivity index (χ0n) is 12.7. The summed E-state index contributed by atoms with van der Waals surface area (Å²) >= 11 is 0. The Labute approximate surface area is 130 Å². The van der Waals surface area contributed by atoms with Gasteiger partial charge in [0.05, 0.1) is 6.20 Å². The predicted octanol–water partition coefficient (Wildman–Crippen LogP) is 0.940. The maximum atomic E-state index is 12.5. The molecule has 0 aliphatic carbocycles. The molecule has 4 rings (SSSR count). The molecular weight excluding hydrogens is 280 g/mol. The molecule has 1 aromatic rings. The number of rotatable bonds is 2. The van der Waals surface area contributed by atoms with Crippen LogP contribution >= 0.6 is 0 Å². The lowest BCUT2D eigenvalue weighted by Gasteiger charge is -2.34. The molecule has 1 amide bonds. The van der Waals surface area contributed by atoms with Gasteiger partial charge in [-0.05, 0) is 31.1 Å². The van der Waals surface area contributed by atoms with E-state index in [1.165, 1.54) is 0 Å². The van der Waals surface area contributed by atoms with Crippen molar-refractivity contribution in [1.29, 1.82) is 0 Å². The first-order valence-electron chi connectivity index (χ1n) is 8.22. The second-order valence-corrected chi connectivity index (χ2v) is 6.56. The van der Waals surface area contributed by atoms with Gasteiger partial charge in [-0.2, -0.15) is 0 Å². The number of amides is 1. The third-order valence-corrected chi connectivity index (χ3v) is 5.19. The summed E-state index contributed by atoms with van der Waals surface area (Å²) in [6.45, 7) is 4.47. The summed E-state index contributed by atoms with van der Waals surface area (Å²) in [4.78, 5) is 25.4. The lowest BCUT2D eigenvalue weighted by Crippen LogP contribution is -2.40. The number of nitrogens with zero attached hydrogens (tertiary/aromatic N) is 4. The summed E-state index contributed by atoms with van der Waals surface area (Å²) in [5, 5.41) is 0. The van der Waals surface area contributed by atoms with Gasteiger partial charge < -0.3 is 14.5 Å². The van der Waals surface area contributed by atoms with Crippen molar-refractivity contribution >= 4 is 11.7 Å². The molecule has 6 nitrogen and oxygen atoms in total. The van der Waals surface area contributed by atoms with E-state index in [9.17, 15) is 4.79 Å². The molecule has 3 aliphatic heterocycles. The first-order valence-corrected chi connectivity index (χ1v) is 8.22. The first-order chi connectivity index (χ1) is 10.8. The average molecular weight is 302 g/mol. The molecule has 1 aromatic heterocycles. The van der Waals surface area contributed by atoms with Crippen molar-refractivity contribution in [3.63, 3.8) is 0 Å². The third-order valence-electron chi connectivity index (χ3n) is 5.19. The molecule has 22 heavy (non-hydrogen) atoms. The fourth-order valence-electron chi connectivity index (χ4n) is 3.99. The fraction of sp³-hybridized carbons (Fsp3) is 0.688. The van der Waals surface area contributed by atoms with Crippen LogP contribution in [0.5, 0.6) is 0 Å². The molecule has 3 aliphatic rings. The molecule has 0 radical (unpaired) electrons. The summed E-state index contributed by atoms with van der Waals surface area (Å²) in [7, 11) is 0. The molecule has 3 saturated heterocycles. The van der Waals surface area contributed by atoms with Gasteiger partial charge in [0.1, 0.15) is 11.9 Å². The van der Waals surface area contributed by atoms with Crippen LogP contribution in [0.3, 0.4) is 0 Å². The Morgan fingerprint density at radius 2 is 2.09 bits per heavy atom. The minimum absolute atomic E-state index is 0.184. The zero-order chi connectivity index (χ0) is 14.9. The predicted molar refractivity (Wildman–Crippen MR) is 81.4 cm³/mol. The van der Waals surface area contributed by atoms with Crippen molar-refractivity contribution in [3.8, 4) is 0 Å². The quantitative estimate of drug-likeness (QED) is 0.814. The molecule has 1 unspecified atom stereocenters. The van der Waals surface area contributed by atoms with Gasteiger partial charge >= 0.3 is 0 Å². The Hall–Kier alpha value is -1.69. The Balaban J connectivity index is 1.40. The molecule has 3 fully saturated rings. The molecule has 3 atom stereocenters. The Bertz CT molecular complexity index is 532. The normalized spacial score (nSPS) is 31.4. The Morgan fingerprint density at radius 3 is 2.86 bits per heavy atom. The van der Waals surface area contributed by atoms with Gasteiger partial charge in [-0.1, -0.05) is 0 Å². The highest BCUT2D eigenvalue weighted by Crippen LogP contribution is 2.33. The summed E-state index contributed by atoms with van der Waals surface area (Å²) in [6, 6.07) is 0. The standard InChI is InChI=1S/C16H22N4O2/c21-16(14-2-1-7-22-14)20-9-12-3-6-19(10-13(12)11-20)15-8-17-4-5-18-15/h4-5,8,12-14H,1-3,6-7,9-11H2/t12-,13+,14?/m0/s1. The van der Waals surface area contributed by atoms with E-state index in [1.54, 1.807) is 12.4 Å². The minimum atomic E-state index is -0.184. The molecule has 0 N–H and O–H groups in total. The van der Waals surface area contributed by atoms with Gasteiger partial charge in [0.25, 0.3) is 5.91 Å². The van der Waals surface area contributed by atoms with E-state index < -0.39 is 0 Å². The molecule has 0 spiro atoms. The molecule has 6 heteroatoms. The van der Waals surface area contributed by atoms with Crippen LogP contribution in [0.15, 0.2) is 18.6 Å². The number of aromatic nitrogens is 2. The van der Waals surface area contributed by atoms with E-state index in [0.29, 0.717) is 11.8 Å². The number of hydrogen-bond donors (Lipinski definition) is 0. The van der Waals surface area contributed by atoms with Gasteiger partial charge in [-0.25, -0.2) is 4.98 Å². The summed E-state index contributed by atoms with van der Waals surface area (Å²) in [5.74, 6) is 2.32. The van der Waals surface area contributed by atoms with E-state index >= 15 is 0 Å². The Morgan fingerprint density at radius 1 is 1.18 bits per heavy atom. The number of ether oxygens (including phenoxy) is 1. The topological polar surface area (TPSA) is 58.6 Å². The van der Waals surface area contributed by atoms with E-state index in [2.05, 4.69) is 14.9 Å². The molecule has 0 aromatic carbocycles. The third kappa shape index (κ3) is 2.56. The van der Waals surface area contributed by atoms with E-state index in [1.807, 2.05) is 11.1 Å². The number of hydrogen-bond acceptors (Lipinski definition) is 5. The molecular formula is C16H22N4O2. The van der Waals surface area contributed by atoms with E-state index in [-0.39, 0.29) is 12.0 Å². The number of carbonyl (C=O) groups excluding carboxylic acids is 1. The van der Waals surface area contributed by atoms with Crippen LogP contribution in [-0.2, 0) is 9.53 Å². The van der Waals surface area contributed by atoms with Crippen molar-refractivity contribution < 1.29 is 9.53 Å². The van der Waals surface area contributed by atoms with Crippen molar-refractivity contribution in [2.45, 2.75) is 25.4 Å². The van der Waals surface area contributed by atoms with Gasteiger partial charge in [0.15, 0.2) is 0 Å². The van der Waals surface area contributed by atoms with Crippen LogP contribution in [0, 0.1) is 11.8 Å². The van der Waals surface area contributed by atoms with Crippen molar-refractivity contribution in [2.75, 3.05) is 37.7 Å². The van der Waals surface area contributed by atoms with Crippen LogP contribution < -0.4 is 4.90 Å². The summed E-state index contributed by atoms with van der Waals surface area (Å²) < 4.78 is 5.55. The number of carbonyl (C=O) groups is 1. The van der Waals surface area contributed by atoms with Crippen molar-refractivity contribution in [1.82, 2.24) is 14.9 Å². The zero-order valence-corrected chi connectivity index (χ0v) is 12.7. The summed E-state index contributed by atoms with van der Waals surface area (Å²) in [5.41, 5.74) is 0. The maximum Gasteiger partial charge on any atom is 0.251 e. The molecule has 118 valence electrons. The second kappa shape index (κ2) is 5.83. The Kier molecular flexibility index (Phi) is 3.70. The van der Waals surface area contributed by atoms with Gasteiger partial charge in [-0.3, -0.25) is 9.78 Å². The second-order valence-electron chi connectivity index (χ2n) is 6.56. The van der Waals surface area contributed by atoms with Crippen molar-refractivity contribution in [3.05, 3.63) is 18.6 Å². The average Bonchev–Trinajstić information content (AvgIpc) is 3.23. The van der Waals surface area contributed by atoms with Gasteiger partial charge in [-0.15, -0.1) is 0 Å². The van der Waals surface area contributed by atoms with Crippen LogP contribution in [0.1, 0.15) is 19.3 Å². The highest BCUT2D eigenvalue weighted by atomic mass is 16.5. The van der Waals surface area contributed by atoms with E-state index in [4.69, 9.17) is 4.74 Å². The number of likely N-dealkylation sites (tertiary alicyclic amines) is 1. The van der Waals surface area contributed by atoms with E-state index in [0.717, 1.165) is 57.9 Å². The number of fused-ring (bicyclic) bond motifs is 1. The van der Waals surface area contributed by atoms with Gasteiger partial charge in [0.2, 0.25) is 0 Å². The monoisotopic (exact) mass is 302 g/mol. The van der Waals surface area contributed by atoms with Crippen LogP contribution in [0.4, 0.5) is 5.82 Å². The smallest absolute Gasteiger partial charge is 0.251 e. The number of anilines is 1. The fourth-order valence-corrected chi connectivity index (χ4v) is 3.99.